The van der Waals surface area contributed by atoms with E-state index in [-0.39, 0.29) is 18.9 Å². The van der Waals surface area contributed by atoms with Gasteiger partial charge in [0, 0.05) is 12.3 Å². The van der Waals surface area contributed by atoms with E-state index in [1.807, 2.05) is 25.1 Å². The van der Waals surface area contributed by atoms with Crippen LogP contribution in [0, 0.1) is 6.92 Å². The van der Waals surface area contributed by atoms with Gasteiger partial charge in [0.2, 0.25) is 5.91 Å². The van der Waals surface area contributed by atoms with Crippen LogP contribution >= 0.6 is 0 Å². The molecule has 1 amide bonds. The highest BCUT2D eigenvalue weighted by molar-refractivity contribution is 5.91. The second-order valence-electron chi connectivity index (χ2n) is 4.82. The zero-order chi connectivity index (χ0) is 16.1. The number of aliphatic carboxylic acids is 1. The van der Waals surface area contributed by atoms with Crippen molar-refractivity contribution < 1.29 is 19.4 Å². The summed E-state index contributed by atoms with van der Waals surface area (Å²) in [4.78, 5) is 22.5. The number of carbonyl (C=O) groups excluding carboxylic acids is 1. The minimum atomic E-state index is -0.993. The van der Waals surface area contributed by atoms with Gasteiger partial charge < -0.3 is 15.2 Å². The lowest BCUT2D eigenvalue weighted by Crippen LogP contribution is -2.16. The summed E-state index contributed by atoms with van der Waals surface area (Å²) in [5.41, 5.74) is 1.82. The highest BCUT2D eigenvalue weighted by atomic mass is 16.5. The first-order valence-corrected chi connectivity index (χ1v) is 6.66. The molecule has 1 aromatic heterocycles. The number of hydrogen-bond donors (Lipinski definition) is 2. The van der Waals surface area contributed by atoms with E-state index in [0.29, 0.717) is 5.82 Å². The van der Waals surface area contributed by atoms with Crippen LogP contribution in [0.15, 0.2) is 30.5 Å². The zero-order valence-corrected chi connectivity index (χ0v) is 12.4. The van der Waals surface area contributed by atoms with Gasteiger partial charge in [-0.15, -0.1) is 0 Å². The number of nitrogens with zero attached hydrogens (tertiary/aromatic N) is 2. The fourth-order valence-electron chi connectivity index (χ4n) is 2.00. The predicted octanol–water partition coefficient (Wildman–Crippen LogP) is 1.47. The topological polar surface area (TPSA) is 93.5 Å². The third-order valence-electron chi connectivity index (χ3n) is 3.04. The van der Waals surface area contributed by atoms with Crippen LogP contribution in [-0.2, 0) is 22.6 Å². The number of aromatic nitrogens is 2. The lowest BCUT2D eigenvalue weighted by Gasteiger charge is -2.07. The molecule has 0 aliphatic carbocycles. The third-order valence-corrected chi connectivity index (χ3v) is 3.04. The van der Waals surface area contributed by atoms with Crippen molar-refractivity contribution in [3.8, 4) is 5.75 Å². The van der Waals surface area contributed by atoms with E-state index in [9.17, 15) is 9.59 Å². The van der Waals surface area contributed by atoms with Crippen molar-refractivity contribution >= 4 is 17.7 Å². The summed E-state index contributed by atoms with van der Waals surface area (Å²) in [6, 6.07) is 7.12. The Kier molecular flexibility index (Phi) is 4.77. The smallest absolute Gasteiger partial charge is 0.325 e. The number of ether oxygens (including phenoxy) is 1. The van der Waals surface area contributed by atoms with Crippen molar-refractivity contribution in [3.63, 3.8) is 0 Å². The van der Waals surface area contributed by atoms with Crippen LogP contribution in [0.25, 0.3) is 0 Å². The molecule has 1 aromatic carbocycles. The maximum absolute atomic E-state index is 12.0. The molecule has 2 N–H and O–H groups in total. The first-order chi connectivity index (χ1) is 10.5. The molecule has 1 heterocycles. The molecule has 0 bridgehead atoms. The molecule has 22 heavy (non-hydrogen) atoms. The number of carbonyl (C=O) groups is 2. The average Bonchev–Trinajstić information content (AvgIpc) is 2.87. The minimum absolute atomic E-state index is 0.183. The SMILES string of the molecule is COc1cc(CC(=O)Nc2ccn(CC(=O)O)n2)ccc1C. The summed E-state index contributed by atoms with van der Waals surface area (Å²) in [7, 11) is 1.58. The average molecular weight is 303 g/mol. The van der Waals surface area contributed by atoms with E-state index < -0.39 is 5.97 Å². The van der Waals surface area contributed by atoms with Gasteiger partial charge in [-0.2, -0.15) is 5.10 Å². The molecular formula is C15H17N3O4. The molecule has 7 heteroatoms. The van der Waals surface area contributed by atoms with Gasteiger partial charge in [0.1, 0.15) is 12.3 Å². The molecule has 7 nitrogen and oxygen atoms in total. The van der Waals surface area contributed by atoms with Crippen molar-refractivity contribution in [1.29, 1.82) is 0 Å². The number of anilines is 1. The quantitative estimate of drug-likeness (QED) is 0.842. The molecule has 0 aliphatic rings. The van der Waals surface area contributed by atoms with Gasteiger partial charge in [0.05, 0.1) is 13.5 Å². The number of methoxy groups -OCH3 is 1. The summed E-state index contributed by atoms with van der Waals surface area (Å²) in [6.45, 7) is 1.68. The van der Waals surface area contributed by atoms with Gasteiger partial charge in [-0.25, -0.2) is 0 Å². The third kappa shape index (κ3) is 4.08. The van der Waals surface area contributed by atoms with Crippen LogP contribution < -0.4 is 10.1 Å². The van der Waals surface area contributed by atoms with Gasteiger partial charge in [-0.3, -0.25) is 14.3 Å². The number of nitrogens with one attached hydrogen (secondary N) is 1. The molecular weight excluding hydrogens is 286 g/mol. The molecule has 0 fully saturated rings. The van der Waals surface area contributed by atoms with Crippen molar-refractivity contribution in [3.05, 3.63) is 41.6 Å². The number of benzene rings is 1. The summed E-state index contributed by atoms with van der Waals surface area (Å²) in [6.07, 6.45) is 1.68. The van der Waals surface area contributed by atoms with Crippen LogP contribution in [0.3, 0.4) is 0 Å². The predicted molar refractivity (Wildman–Crippen MR) is 79.9 cm³/mol. The molecule has 0 spiro atoms. The second-order valence-corrected chi connectivity index (χ2v) is 4.82. The summed E-state index contributed by atoms with van der Waals surface area (Å²) >= 11 is 0. The monoisotopic (exact) mass is 303 g/mol. The molecule has 0 atom stereocenters. The van der Waals surface area contributed by atoms with Crippen LogP contribution in [0.2, 0.25) is 0 Å². The fourth-order valence-corrected chi connectivity index (χ4v) is 2.00. The first kappa shape index (κ1) is 15.6. The van der Waals surface area contributed by atoms with Gasteiger partial charge in [-0.1, -0.05) is 12.1 Å². The molecule has 116 valence electrons. The molecule has 0 unspecified atom stereocenters. The number of carboxylic acids is 1. The van der Waals surface area contributed by atoms with Gasteiger partial charge in [0.25, 0.3) is 0 Å². The minimum Gasteiger partial charge on any atom is -0.496 e. The highest BCUT2D eigenvalue weighted by Crippen LogP contribution is 2.19. The highest BCUT2D eigenvalue weighted by Gasteiger charge is 2.09. The van der Waals surface area contributed by atoms with Crippen LogP contribution in [0.4, 0.5) is 5.82 Å². The number of hydrogen-bond acceptors (Lipinski definition) is 4. The molecule has 0 saturated carbocycles. The Morgan fingerprint density at radius 1 is 1.36 bits per heavy atom. The van der Waals surface area contributed by atoms with Crippen LogP contribution in [-0.4, -0.2) is 33.9 Å². The Balaban J connectivity index is 1.98. The number of aryl methyl sites for hydroxylation is 1. The maximum atomic E-state index is 12.0. The Morgan fingerprint density at radius 2 is 2.14 bits per heavy atom. The van der Waals surface area contributed by atoms with E-state index in [1.165, 1.54) is 10.9 Å². The van der Waals surface area contributed by atoms with Crippen molar-refractivity contribution in [1.82, 2.24) is 9.78 Å². The van der Waals surface area contributed by atoms with E-state index in [4.69, 9.17) is 9.84 Å². The second kappa shape index (κ2) is 6.75. The summed E-state index contributed by atoms with van der Waals surface area (Å²) in [5.74, 6) is -0.166. The van der Waals surface area contributed by atoms with Crippen LogP contribution in [0.5, 0.6) is 5.75 Å². The Morgan fingerprint density at radius 3 is 2.82 bits per heavy atom. The summed E-state index contributed by atoms with van der Waals surface area (Å²) in [5, 5.41) is 15.3. The van der Waals surface area contributed by atoms with Crippen molar-refractivity contribution in [2.45, 2.75) is 19.9 Å². The Hall–Kier alpha value is -2.83. The Labute approximate surface area is 127 Å². The lowest BCUT2D eigenvalue weighted by molar-refractivity contribution is -0.137. The maximum Gasteiger partial charge on any atom is 0.325 e. The van der Waals surface area contributed by atoms with Crippen molar-refractivity contribution in [2.24, 2.45) is 0 Å². The van der Waals surface area contributed by atoms with E-state index in [1.54, 1.807) is 13.2 Å². The summed E-state index contributed by atoms with van der Waals surface area (Å²) < 4.78 is 6.47. The van der Waals surface area contributed by atoms with Gasteiger partial charge in [-0.05, 0) is 24.1 Å². The number of amides is 1. The number of carboxylic acid groups (broad SMARTS) is 1. The lowest BCUT2D eigenvalue weighted by atomic mass is 10.1. The molecule has 0 aliphatic heterocycles. The largest absolute Gasteiger partial charge is 0.496 e. The molecule has 0 radical (unpaired) electrons. The van der Waals surface area contributed by atoms with Crippen LogP contribution in [0.1, 0.15) is 11.1 Å². The fraction of sp³-hybridized carbons (Fsp3) is 0.267. The van der Waals surface area contributed by atoms with Crippen molar-refractivity contribution in [2.75, 3.05) is 12.4 Å². The van der Waals surface area contributed by atoms with E-state index >= 15 is 0 Å². The molecule has 2 aromatic rings. The molecule has 0 saturated heterocycles. The van der Waals surface area contributed by atoms with Gasteiger partial charge in [0.15, 0.2) is 5.82 Å². The standard InChI is InChI=1S/C15H17N3O4/c1-10-3-4-11(7-12(10)22-2)8-14(19)16-13-5-6-18(17-13)9-15(20)21/h3-7H,8-9H2,1-2H3,(H,20,21)(H,16,17,19). The van der Waals surface area contributed by atoms with Gasteiger partial charge >= 0.3 is 5.97 Å². The van der Waals surface area contributed by atoms with E-state index in [0.717, 1.165) is 16.9 Å². The van der Waals surface area contributed by atoms with E-state index in [2.05, 4.69) is 10.4 Å². The number of rotatable bonds is 6. The Bertz CT molecular complexity index is 694. The zero-order valence-electron chi connectivity index (χ0n) is 12.4. The molecule has 2 rings (SSSR count). The first-order valence-electron chi connectivity index (χ1n) is 6.66. The normalized spacial score (nSPS) is 10.3.